The maximum Gasteiger partial charge on any atom is 0.311 e. The Bertz CT molecular complexity index is 517. The van der Waals surface area contributed by atoms with E-state index in [1.807, 2.05) is 13.0 Å². The molecule has 1 aromatic carbocycles. The van der Waals surface area contributed by atoms with Crippen molar-refractivity contribution in [2.45, 2.75) is 39.5 Å². The van der Waals surface area contributed by atoms with Crippen molar-refractivity contribution in [3.8, 4) is 5.75 Å². The third kappa shape index (κ3) is 5.39. The van der Waals surface area contributed by atoms with Crippen LogP contribution in [-0.4, -0.2) is 17.4 Å². The molecule has 0 aliphatic rings. The van der Waals surface area contributed by atoms with Crippen molar-refractivity contribution in [2.24, 2.45) is 5.84 Å². The molecule has 0 bridgehead atoms. The summed E-state index contributed by atoms with van der Waals surface area (Å²) in [7, 11) is 0. The predicted octanol–water partition coefficient (Wildman–Crippen LogP) is 2.14. The lowest BCUT2D eigenvalue weighted by Crippen LogP contribution is -2.29. The zero-order valence-electron chi connectivity index (χ0n) is 12.3. The fourth-order valence-electron chi connectivity index (χ4n) is 2.07. The van der Waals surface area contributed by atoms with Gasteiger partial charge in [-0.25, -0.2) is 5.84 Å². The van der Waals surface area contributed by atoms with Crippen LogP contribution in [0.1, 0.15) is 36.8 Å². The van der Waals surface area contributed by atoms with Crippen LogP contribution in [-0.2, 0) is 4.79 Å². The zero-order valence-corrected chi connectivity index (χ0v) is 12.3. The largest absolute Gasteiger partial charge is 0.487 e. The number of nitro benzene ring substituents is 1. The first-order chi connectivity index (χ1) is 9.95. The van der Waals surface area contributed by atoms with Crippen LogP contribution < -0.4 is 16.0 Å². The number of nitro groups is 1. The Morgan fingerprint density at radius 3 is 2.67 bits per heavy atom. The Morgan fingerprint density at radius 2 is 2.05 bits per heavy atom. The van der Waals surface area contributed by atoms with E-state index in [9.17, 15) is 14.9 Å². The molecule has 7 heteroatoms. The van der Waals surface area contributed by atoms with E-state index in [1.165, 1.54) is 6.07 Å². The maximum atomic E-state index is 11.0. The number of rotatable bonds is 8. The molecule has 1 amide bonds. The number of nitrogens with two attached hydrogens (primary N) is 1. The summed E-state index contributed by atoms with van der Waals surface area (Å²) in [6, 6.07) is 3.36. The maximum absolute atomic E-state index is 11.0. The van der Waals surface area contributed by atoms with E-state index in [1.54, 1.807) is 6.92 Å². The average Bonchev–Trinajstić information content (AvgIpc) is 2.43. The average molecular weight is 295 g/mol. The smallest absolute Gasteiger partial charge is 0.311 e. The lowest BCUT2D eigenvalue weighted by molar-refractivity contribution is -0.386. The van der Waals surface area contributed by atoms with Crippen molar-refractivity contribution >= 4 is 11.6 Å². The molecule has 21 heavy (non-hydrogen) atoms. The van der Waals surface area contributed by atoms with E-state index >= 15 is 0 Å². The van der Waals surface area contributed by atoms with Gasteiger partial charge >= 0.3 is 5.69 Å². The predicted molar refractivity (Wildman–Crippen MR) is 78.9 cm³/mol. The molecule has 0 fully saturated rings. The molecular weight excluding hydrogens is 274 g/mol. The SMILES string of the molecule is Cc1cc(C)c(OCCCCCC(=O)NN)c([N+](=O)[O-])c1. The zero-order chi connectivity index (χ0) is 15.8. The van der Waals surface area contributed by atoms with Crippen LogP contribution in [0.5, 0.6) is 5.75 Å². The van der Waals surface area contributed by atoms with Gasteiger partial charge in [0.05, 0.1) is 11.5 Å². The van der Waals surface area contributed by atoms with E-state index in [4.69, 9.17) is 10.6 Å². The van der Waals surface area contributed by atoms with Gasteiger partial charge in [0.15, 0.2) is 5.75 Å². The number of hydrogen-bond acceptors (Lipinski definition) is 5. The minimum atomic E-state index is -0.430. The molecule has 0 radical (unpaired) electrons. The van der Waals surface area contributed by atoms with Gasteiger partial charge in [0.1, 0.15) is 0 Å². The third-order valence-electron chi connectivity index (χ3n) is 3.05. The van der Waals surface area contributed by atoms with Gasteiger partial charge < -0.3 is 4.74 Å². The molecule has 0 heterocycles. The van der Waals surface area contributed by atoms with Crippen molar-refractivity contribution < 1.29 is 14.5 Å². The number of carbonyl (C=O) groups excluding carboxylic acids is 1. The first kappa shape index (κ1) is 16.9. The van der Waals surface area contributed by atoms with E-state index in [2.05, 4.69) is 5.43 Å². The van der Waals surface area contributed by atoms with E-state index < -0.39 is 4.92 Å². The van der Waals surface area contributed by atoms with Crippen molar-refractivity contribution in [3.05, 3.63) is 33.4 Å². The highest BCUT2D eigenvalue weighted by Gasteiger charge is 2.18. The molecule has 7 nitrogen and oxygen atoms in total. The molecule has 3 N–H and O–H groups in total. The number of nitrogens with one attached hydrogen (secondary N) is 1. The molecule has 0 aromatic heterocycles. The number of ether oxygens (including phenoxy) is 1. The molecule has 116 valence electrons. The number of hydrazine groups is 1. The number of unbranched alkanes of at least 4 members (excludes halogenated alkanes) is 2. The van der Waals surface area contributed by atoms with Crippen LogP contribution in [0.3, 0.4) is 0 Å². The second-order valence-corrected chi connectivity index (χ2v) is 4.91. The molecule has 0 unspecified atom stereocenters. The minimum Gasteiger partial charge on any atom is -0.487 e. The van der Waals surface area contributed by atoms with Crippen molar-refractivity contribution in [3.63, 3.8) is 0 Å². The number of amides is 1. The van der Waals surface area contributed by atoms with Gasteiger partial charge in [-0.3, -0.25) is 20.3 Å². The summed E-state index contributed by atoms with van der Waals surface area (Å²) in [4.78, 5) is 21.5. The van der Waals surface area contributed by atoms with Gasteiger partial charge in [0.25, 0.3) is 0 Å². The molecule has 0 saturated heterocycles. The highest BCUT2D eigenvalue weighted by atomic mass is 16.6. The van der Waals surface area contributed by atoms with Crippen molar-refractivity contribution in [1.82, 2.24) is 5.43 Å². The molecule has 0 aliphatic heterocycles. The van der Waals surface area contributed by atoms with Gasteiger partial charge in [0, 0.05) is 12.5 Å². The summed E-state index contributed by atoms with van der Waals surface area (Å²) < 4.78 is 5.55. The lowest BCUT2D eigenvalue weighted by Gasteiger charge is -2.10. The molecule has 0 aliphatic carbocycles. The van der Waals surface area contributed by atoms with Crippen LogP contribution in [0.4, 0.5) is 5.69 Å². The molecule has 0 spiro atoms. The molecule has 0 saturated carbocycles. The highest BCUT2D eigenvalue weighted by molar-refractivity contribution is 5.75. The van der Waals surface area contributed by atoms with Crippen LogP contribution >= 0.6 is 0 Å². The van der Waals surface area contributed by atoms with Crippen LogP contribution in [0, 0.1) is 24.0 Å². The van der Waals surface area contributed by atoms with Crippen LogP contribution in [0.25, 0.3) is 0 Å². The Labute approximate surface area is 123 Å². The van der Waals surface area contributed by atoms with Crippen LogP contribution in [0.2, 0.25) is 0 Å². The monoisotopic (exact) mass is 295 g/mol. The third-order valence-corrected chi connectivity index (χ3v) is 3.05. The summed E-state index contributed by atoms with van der Waals surface area (Å²) in [6.07, 6.45) is 2.61. The summed E-state index contributed by atoms with van der Waals surface area (Å²) in [5.41, 5.74) is 3.65. The van der Waals surface area contributed by atoms with Crippen molar-refractivity contribution in [2.75, 3.05) is 6.61 Å². The highest BCUT2D eigenvalue weighted by Crippen LogP contribution is 2.32. The molecule has 1 rings (SSSR count). The van der Waals surface area contributed by atoms with Crippen molar-refractivity contribution in [1.29, 1.82) is 0 Å². The number of carbonyl (C=O) groups is 1. The summed E-state index contributed by atoms with van der Waals surface area (Å²) >= 11 is 0. The Kier molecular flexibility index (Phi) is 6.61. The van der Waals surface area contributed by atoms with Crippen LogP contribution in [0.15, 0.2) is 12.1 Å². The minimum absolute atomic E-state index is 0.00462. The molecular formula is C14H21N3O4. The molecule has 1 aromatic rings. The van der Waals surface area contributed by atoms with E-state index in [-0.39, 0.29) is 11.6 Å². The number of benzene rings is 1. The van der Waals surface area contributed by atoms with E-state index in [0.29, 0.717) is 25.2 Å². The summed E-state index contributed by atoms with van der Waals surface area (Å²) in [6.45, 7) is 3.99. The summed E-state index contributed by atoms with van der Waals surface area (Å²) in [5, 5.41) is 11.0. The number of hydrogen-bond donors (Lipinski definition) is 2. The van der Waals surface area contributed by atoms with Gasteiger partial charge in [-0.1, -0.05) is 6.07 Å². The number of nitrogens with zero attached hydrogens (tertiary/aromatic N) is 1. The van der Waals surface area contributed by atoms with Gasteiger partial charge in [-0.05, 0) is 44.2 Å². The second kappa shape index (κ2) is 8.21. The Morgan fingerprint density at radius 1 is 1.33 bits per heavy atom. The Hall–Kier alpha value is -2.15. The lowest BCUT2D eigenvalue weighted by atomic mass is 10.1. The topological polar surface area (TPSA) is 107 Å². The van der Waals surface area contributed by atoms with Gasteiger partial charge in [0.2, 0.25) is 5.91 Å². The quantitative estimate of drug-likeness (QED) is 0.251. The fourth-order valence-corrected chi connectivity index (χ4v) is 2.07. The first-order valence-corrected chi connectivity index (χ1v) is 6.83. The first-order valence-electron chi connectivity index (χ1n) is 6.83. The fraction of sp³-hybridized carbons (Fsp3) is 0.500. The van der Waals surface area contributed by atoms with E-state index in [0.717, 1.165) is 24.0 Å². The second-order valence-electron chi connectivity index (χ2n) is 4.91. The molecule has 0 atom stereocenters. The number of aryl methyl sites for hydroxylation is 2. The van der Waals surface area contributed by atoms with Gasteiger partial charge in [-0.2, -0.15) is 0 Å². The Balaban J connectivity index is 2.48. The normalized spacial score (nSPS) is 10.2. The van der Waals surface area contributed by atoms with Gasteiger partial charge in [-0.15, -0.1) is 0 Å². The standard InChI is InChI=1S/C14H21N3O4/c1-10-8-11(2)14(12(9-10)17(19)20)21-7-5-3-4-6-13(18)16-15/h8-9H,3-7,15H2,1-2H3,(H,16,18). The summed E-state index contributed by atoms with van der Waals surface area (Å²) in [5.74, 6) is 5.11.